The third-order valence-corrected chi connectivity index (χ3v) is 3.61. The second kappa shape index (κ2) is 5.85. The van der Waals surface area contributed by atoms with Crippen molar-refractivity contribution in [2.75, 3.05) is 31.1 Å². The van der Waals surface area contributed by atoms with Crippen LogP contribution in [0, 0.1) is 5.92 Å². The quantitative estimate of drug-likeness (QED) is 0.875. The van der Waals surface area contributed by atoms with Crippen molar-refractivity contribution in [3.8, 4) is 0 Å². The minimum absolute atomic E-state index is 0.166. The van der Waals surface area contributed by atoms with Crippen LogP contribution >= 0.6 is 15.9 Å². The first kappa shape index (κ1) is 12.9. The molecule has 0 radical (unpaired) electrons. The first-order chi connectivity index (χ1) is 8.19. The maximum atomic E-state index is 9.32. The van der Waals surface area contributed by atoms with Gasteiger partial charge >= 0.3 is 0 Å². The van der Waals surface area contributed by atoms with Crippen LogP contribution in [0.4, 0.5) is 5.69 Å². The fourth-order valence-corrected chi connectivity index (χ4v) is 2.61. The van der Waals surface area contributed by atoms with Crippen molar-refractivity contribution in [1.29, 1.82) is 0 Å². The highest BCUT2D eigenvalue weighted by Gasteiger charge is 2.21. The number of benzene rings is 1. The zero-order chi connectivity index (χ0) is 12.3. The second-order valence-corrected chi connectivity index (χ2v) is 5.69. The second-order valence-electron chi connectivity index (χ2n) is 4.78. The Kier molecular flexibility index (Phi) is 4.42. The summed E-state index contributed by atoms with van der Waals surface area (Å²) < 4.78 is 1.10. The largest absolute Gasteiger partial charge is 0.395 e. The van der Waals surface area contributed by atoms with Crippen molar-refractivity contribution in [3.05, 3.63) is 28.7 Å². The van der Waals surface area contributed by atoms with Gasteiger partial charge in [0.25, 0.3) is 0 Å². The van der Waals surface area contributed by atoms with Gasteiger partial charge in [-0.3, -0.25) is 0 Å². The number of nitrogens with one attached hydrogen (secondary N) is 1. The summed E-state index contributed by atoms with van der Waals surface area (Å²) >= 11 is 3.50. The monoisotopic (exact) mass is 298 g/mol. The van der Waals surface area contributed by atoms with E-state index in [0.717, 1.165) is 24.1 Å². The highest BCUT2D eigenvalue weighted by Crippen LogP contribution is 2.22. The Hall–Kier alpha value is -0.580. The molecule has 1 aromatic carbocycles. The van der Waals surface area contributed by atoms with Gasteiger partial charge in [0, 0.05) is 29.3 Å². The van der Waals surface area contributed by atoms with Crippen molar-refractivity contribution >= 4 is 21.6 Å². The lowest BCUT2D eigenvalue weighted by molar-refractivity contribution is 0.247. The molecule has 1 heterocycles. The molecule has 0 bridgehead atoms. The van der Waals surface area contributed by atoms with Gasteiger partial charge in [-0.1, -0.05) is 28.9 Å². The lowest BCUT2D eigenvalue weighted by Crippen LogP contribution is -2.40. The van der Waals surface area contributed by atoms with E-state index in [1.165, 1.54) is 5.69 Å². The molecule has 2 N–H and O–H groups in total. The number of aliphatic hydroxyl groups is 1. The fraction of sp³-hybridized carbons (Fsp3) is 0.538. The Morgan fingerprint density at radius 3 is 3.00 bits per heavy atom. The summed E-state index contributed by atoms with van der Waals surface area (Å²) in [5.41, 5.74) is 1.22. The zero-order valence-corrected chi connectivity index (χ0v) is 11.7. The van der Waals surface area contributed by atoms with Crippen molar-refractivity contribution < 1.29 is 5.11 Å². The van der Waals surface area contributed by atoms with Crippen molar-refractivity contribution in [1.82, 2.24) is 5.32 Å². The van der Waals surface area contributed by atoms with E-state index in [0.29, 0.717) is 5.92 Å². The Labute approximate surface area is 111 Å². The van der Waals surface area contributed by atoms with Crippen LogP contribution in [0.5, 0.6) is 0 Å². The van der Waals surface area contributed by atoms with Crippen molar-refractivity contribution in [3.63, 3.8) is 0 Å². The summed E-state index contributed by atoms with van der Waals surface area (Å²) in [6.45, 7) is 5.28. The molecule has 1 aromatic rings. The summed E-state index contributed by atoms with van der Waals surface area (Å²) in [5.74, 6) is 0.588. The smallest absolute Gasteiger partial charge is 0.0601 e. The Bertz CT molecular complexity index is 372. The fourth-order valence-electron chi connectivity index (χ4n) is 2.22. The normalized spacial score (nSPS) is 25.7. The van der Waals surface area contributed by atoms with Crippen LogP contribution in [-0.2, 0) is 0 Å². The molecule has 1 aliphatic heterocycles. The van der Waals surface area contributed by atoms with Gasteiger partial charge in [0.1, 0.15) is 0 Å². The van der Waals surface area contributed by atoms with Crippen molar-refractivity contribution in [2.45, 2.75) is 13.0 Å². The number of hydrogen-bond acceptors (Lipinski definition) is 3. The average Bonchev–Trinajstić information content (AvgIpc) is 2.51. The maximum absolute atomic E-state index is 9.32. The summed E-state index contributed by atoms with van der Waals surface area (Å²) in [5, 5.41) is 12.7. The van der Waals surface area contributed by atoms with Crippen LogP contribution < -0.4 is 10.2 Å². The molecule has 1 aliphatic rings. The molecule has 2 unspecified atom stereocenters. The number of rotatable bonds is 2. The molecule has 0 aliphatic carbocycles. The van der Waals surface area contributed by atoms with Crippen LogP contribution in [-0.4, -0.2) is 37.4 Å². The van der Waals surface area contributed by atoms with Crippen LogP contribution in [0.3, 0.4) is 0 Å². The number of anilines is 1. The molecular formula is C13H19BrN2O. The number of aliphatic hydroxyl groups excluding tert-OH is 1. The standard InChI is InChI=1S/C13H19BrN2O/c1-10-6-15-12(9-17)8-16(7-10)13-4-2-3-11(14)5-13/h2-5,10,12,15,17H,6-9H2,1H3. The maximum Gasteiger partial charge on any atom is 0.0601 e. The minimum Gasteiger partial charge on any atom is -0.395 e. The Balaban J connectivity index is 2.17. The molecule has 94 valence electrons. The van der Waals surface area contributed by atoms with Crippen molar-refractivity contribution in [2.24, 2.45) is 5.92 Å². The van der Waals surface area contributed by atoms with Gasteiger partial charge in [-0.2, -0.15) is 0 Å². The van der Waals surface area contributed by atoms with Crippen LogP contribution in [0.15, 0.2) is 28.7 Å². The van der Waals surface area contributed by atoms with Gasteiger partial charge in [0.2, 0.25) is 0 Å². The van der Waals surface area contributed by atoms with Gasteiger partial charge in [0.05, 0.1) is 6.61 Å². The molecule has 2 rings (SSSR count). The molecule has 0 amide bonds. The van der Waals surface area contributed by atoms with Crippen LogP contribution in [0.1, 0.15) is 6.92 Å². The van der Waals surface area contributed by atoms with Crippen LogP contribution in [0.25, 0.3) is 0 Å². The van der Waals surface area contributed by atoms with E-state index >= 15 is 0 Å². The third kappa shape index (κ3) is 3.44. The van der Waals surface area contributed by atoms with E-state index in [1.807, 2.05) is 6.07 Å². The first-order valence-corrected chi connectivity index (χ1v) is 6.83. The topological polar surface area (TPSA) is 35.5 Å². The molecule has 4 heteroatoms. The minimum atomic E-state index is 0.166. The van der Waals surface area contributed by atoms with Crippen LogP contribution in [0.2, 0.25) is 0 Å². The highest BCUT2D eigenvalue weighted by atomic mass is 79.9. The molecule has 0 saturated carbocycles. The van der Waals surface area contributed by atoms with Gasteiger partial charge in [0.15, 0.2) is 0 Å². The van der Waals surface area contributed by atoms with Gasteiger partial charge < -0.3 is 15.3 Å². The Morgan fingerprint density at radius 1 is 1.47 bits per heavy atom. The van der Waals surface area contributed by atoms with E-state index in [4.69, 9.17) is 0 Å². The van der Waals surface area contributed by atoms with E-state index in [9.17, 15) is 5.11 Å². The van der Waals surface area contributed by atoms with E-state index < -0.39 is 0 Å². The molecule has 1 fully saturated rings. The summed E-state index contributed by atoms with van der Waals surface area (Å²) in [4.78, 5) is 2.34. The molecule has 0 aromatic heterocycles. The predicted octanol–water partition coefficient (Wildman–Crippen LogP) is 1.86. The van der Waals surface area contributed by atoms with E-state index in [2.05, 4.69) is 51.3 Å². The molecular weight excluding hydrogens is 280 g/mol. The Morgan fingerprint density at radius 2 is 2.29 bits per heavy atom. The third-order valence-electron chi connectivity index (χ3n) is 3.12. The molecule has 3 nitrogen and oxygen atoms in total. The van der Waals surface area contributed by atoms with E-state index in [1.54, 1.807) is 0 Å². The number of nitrogens with zero attached hydrogens (tertiary/aromatic N) is 1. The highest BCUT2D eigenvalue weighted by molar-refractivity contribution is 9.10. The lowest BCUT2D eigenvalue weighted by Gasteiger charge is -2.26. The summed E-state index contributed by atoms with van der Waals surface area (Å²) in [6, 6.07) is 8.51. The lowest BCUT2D eigenvalue weighted by atomic mass is 10.1. The SMILES string of the molecule is CC1CNC(CO)CN(c2cccc(Br)c2)C1. The molecule has 0 spiro atoms. The van der Waals surface area contributed by atoms with Gasteiger partial charge in [-0.05, 0) is 30.7 Å². The average molecular weight is 299 g/mol. The molecule has 1 saturated heterocycles. The predicted molar refractivity (Wildman–Crippen MR) is 74.4 cm³/mol. The zero-order valence-electron chi connectivity index (χ0n) is 10.1. The van der Waals surface area contributed by atoms with Gasteiger partial charge in [-0.15, -0.1) is 0 Å². The molecule has 2 atom stereocenters. The first-order valence-electron chi connectivity index (χ1n) is 6.04. The van der Waals surface area contributed by atoms with E-state index in [-0.39, 0.29) is 12.6 Å². The summed E-state index contributed by atoms with van der Waals surface area (Å²) in [6.07, 6.45) is 0. The summed E-state index contributed by atoms with van der Waals surface area (Å²) in [7, 11) is 0. The molecule has 17 heavy (non-hydrogen) atoms. The number of hydrogen-bond donors (Lipinski definition) is 2. The van der Waals surface area contributed by atoms with Gasteiger partial charge in [-0.25, -0.2) is 0 Å². The number of halogens is 1.